The van der Waals surface area contributed by atoms with Crippen LogP contribution >= 0.6 is 0 Å². The molecule has 1 heterocycles. The summed E-state index contributed by atoms with van der Waals surface area (Å²) in [7, 11) is 1.65. The van der Waals surface area contributed by atoms with Crippen molar-refractivity contribution in [3.63, 3.8) is 0 Å². The van der Waals surface area contributed by atoms with E-state index in [9.17, 15) is 4.79 Å². The summed E-state index contributed by atoms with van der Waals surface area (Å²) in [6.07, 6.45) is 2.78. The second kappa shape index (κ2) is 5.36. The van der Waals surface area contributed by atoms with E-state index in [-0.39, 0.29) is 11.8 Å². The Morgan fingerprint density at radius 3 is 2.67 bits per heavy atom. The van der Waals surface area contributed by atoms with Crippen LogP contribution in [0, 0.1) is 0 Å². The number of ether oxygens (including phenoxy) is 1. The second-order valence-electron chi connectivity index (χ2n) is 4.87. The average Bonchev–Trinajstić information content (AvgIpc) is 3.06. The Hall–Kier alpha value is -2.69. The molecule has 1 aromatic heterocycles. The van der Waals surface area contributed by atoms with Crippen LogP contribution in [0.25, 0.3) is 10.8 Å². The van der Waals surface area contributed by atoms with Gasteiger partial charge >= 0.3 is 0 Å². The second-order valence-corrected chi connectivity index (χ2v) is 4.87. The van der Waals surface area contributed by atoms with Gasteiger partial charge in [0.25, 0.3) is 5.91 Å². The highest BCUT2D eigenvalue weighted by molar-refractivity contribution is 5.88. The van der Waals surface area contributed by atoms with E-state index in [2.05, 4.69) is 10.1 Å². The Morgan fingerprint density at radius 2 is 1.95 bits per heavy atom. The van der Waals surface area contributed by atoms with Crippen LogP contribution in [-0.2, 0) is 0 Å². The molecule has 0 saturated heterocycles. The molecule has 21 heavy (non-hydrogen) atoms. The first-order chi connectivity index (χ1) is 10.2. The van der Waals surface area contributed by atoms with Gasteiger partial charge in [-0.25, -0.2) is 4.98 Å². The van der Waals surface area contributed by atoms with Gasteiger partial charge in [0, 0.05) is 0 Å². The van der Waals surface area contributed by atoms with Crippen molar-refractivity contribution in [2.45, 2.75) is 12.8 Å². The Kier molecular flexibility index (Phi) is 3.39. The number of carbonyl (C=O) groups is 1. The monoisotopic (exact) mass is 281 g/mol. The predicted octanol–water partition coefficient (Wildman–Crippen LogP) is 2.88. The fourth-order valence-corrected chi connectivity index (χ4v) is 2.30. The van der Waals surface area contributed by atoms with Crippen LogP contribution < -0.4 is 4.74 Å². The van der Waals surface area contributed by atoms with Crippen LogP contribution in [0.15, 0.2) is 49.1 Å². The third-order valence-corrected chi connectivity index (χ3v) is 3.59. The van der Waals surface area contributed by atoms with Crippen LogP contribution in [0.3, 0.4) is 0 Å². The number of rotatable bonds is 3. The maximum atomic E-state index is 12.3. The maximum Gasteiger partial charge on any atom is 0.255 e. The summed E-state index contributed by atoms with van der Waals surface area (Å²) in [6.45, 7) is 1.87. The zero-order valence-electron chi connectivity index (χ0n) is 11.9. The molecule has 5 nitrogen and oxygen atoms in total. The molecule has 3 aromatic rings. The average molecular weight is 281 g/mol. The SMILES string of the molecule is COc1ccc2cc([C@@H](C)C(=O)n3cncn3)ccc2c1. The van der Waals surface area contributed by atoms with Crippen molar-refractivity contribution >= 4 is 16.7 Å². The quantitative estimate of drug-likeness (QED) is 0.740. The molecule has 2 aromatic carbocycles. The number of carbonyl (C=O) groups excluding carboxylic acids is 1. The summed E-state index contributed by atoms with van der Waals surface area (Å²) < 4.78 is 6.48. The number of benzene rings is 2. The van der Waals surface area contributed by atoms with Crippen molar-refractivity contribution in [2.75, 3.05) is 7.11 Å². The van der Waals surface area contributed by atoms with Gasteiger partial charge in [0.05, 0.1) is 13.0 Å². The largest absolute Gasteiger partial charge is 0.497 e. The van der Waals surface area contributed by atoms with Crippen LogP contribution in [-0.4, -0.2) is 27.8 Å². The molecule has 0 bridgehead atoms. The molecule has 3 rings (SSSR count). The summed E-state index contributed by atoms with van der Waals surface area (Å²) in [4.78, 5) is 16.1. The van der Waals surface area contributed by atoms with E-state index in [1.54, 1.807) is 7.11 Å². The summed E-state index contributed by atoms with van der Waals surface area (Å²) in [5.41, 5.74) is 0.952. The molecule has 0 N–H and O–H groups in total. The van der Waals surface area contributed by atoms with Crippen molar-refractivity contribution in [3.05, 3.63) is 54.6 Å². The zero-order valence-corrected chi connectivity index (χ0v) is 11.9. The molecule has 5 heteroatoms. The number of methoxy groups -OCH3 is 1. The number of fused-ring (bicyclic) bond motifs is 1. The summed E-state index contributed by atoms with van der Waals surface area (Å²) in [6, 6.07) is 11.9. The van der Waals surface area contributed by atoms with Crippen molar-refractivity contribution in [1.82, 2.24) is 14.8 Å². The molecule has 0 spiro atoms. The molecule has 0 unspecified atom stereocenters. The van der Waals surface area contributed by atoms with E-state index in [1.807, 2.05) is 43.3 Å². The van der Waals surface area contributed by atoms with Gasteiger partial charge in [0.15, 0.2) is 0 Å². The van der Waals surface area contributed by atoms with E-state index in [4.69, 9.17) is 4.74 Å². The van der Waals surface area contributed by atoms with Gasteiger partial charge in [-0.2, -0.15) is 9.78 Å². The first kappa shape index (κ1) is 13.3. The molecule has 0 fully saturated rings. The smallest absolute Gasteiger partial charge is 0.255 e. The Labute approximate surface area is 122 Å². The Balaban J connectivity index is 1.95. The van der Waals surface area contributed by atoms with Crippen molar-refractivity contribution in [2.24, 2.45) is 0 Å². The summed E-state index contributed by atoms with van der Waals surface area (Å²) in [5.74, 6) is 0.445. The molecule has 0 radical (unpaired) electrons. The van der Waals surface area contributed by atoms with Crippen LogP contribution in [0.2, 0.25) is 0 Å². The fourth-order valence-electron chi connectivity index (χ4n) is 2.30. The molecule has 0 amide bonds. The molecule has 0 saturated carbocycles. The van der Waals surface area contributed by atoms with Gasteiger partial charge < -0.3 is 4.74 Å². The van der Waals surface area contributed by atoms with Crippen LogP contribution in [0.4, 0.5) is 0 Å². The van der Waals surface area contributed by atoms with Gasteiger partial charge in [-0.3, -0.25) is 4.79 Å². The molecule has 0 aliphatic rings. The van der Waals surface area contributed by atoms with Gasteiger partial charge in [-0.15, -0.1) is 0 Å². The molecular formula is C16H15N3O2. The van der Waals surface area contributed by atoms with Gasteiger partial charge in [-0.05, 0) is 35.4 Å². The lowest BCUT2D eigenvalue weighted by Gasteiger charge is -2.11. The minimum atomic E-state index is -0.279. The lowest BCUT2D eigenvalue weighted by Crippen LogP contribution is -2.18. The number of hydrogen-bond acceptors (Lipinski definition) is 4. The Morgan fingerprint density at radius 1 is 1.19 bits per heavy atom. The minimum absolute atomic E-state index is 0.0969. The zero-order chi connectivity index (χ0) is 14.8. The highest BCUT2D eigenvalue weighted by Crippen LogP contribution is 2.25. The van der Waals surface area contributed by atoms with Gasteiger partial charge in [-0.1, -0.05) is 24.3 Å². The number of nitrogens with zero attached hydrogens (tertiary/aromatic N) is 3. The number of hydrogen-bond donors (Lipinski definition) is 0. The van der Waals surface area contributed by atoms with Crippen molar-refractivity contribution in [1.29, 1.82) is 0 Å². The fraction of sp³-hybridized carbons (Fsp3) is 0.188. The lowest BCUT2D eigenvalue weighted by atomic mass is 9.97. The van der Waals surface area contributed by atoms with Crippen LogP contribution in [0.5, 0.6) is 5.75 Å². The normalized spacial score (nSPS) is 12.3. The maximum absolute atomic E-state index is 12.3. The molecule has 1 atom stereocenters. The van der Waals surface area contributed by atoms with Crippen molar-refractivity contribution < 1.29 is 9.53 Å². The van der Waals surface area contributed by atoms with E-state index in [0.29, 0.717) is 0 Å². The van der Waals surface area contributed by atoms with Crippen LogP contribution in [0.1, 0.15) is 23.2 Å². The van der Waals surface area contributed by atoms with Crippen molar-refractivity contribution in [3.8, 4) is 5.75 Å². The molecule has 0 aliphatic carbocycles. The van der Waals surface area contributed by atoms with E-state index >= 15 is 0 Å². The van der Waals surface area contributed by atoms with E-state index in [1.165, 1.54) is 17.3 Å². The first-order valence-electron chi connectivity index (χ1n) is 6.65. The molecule has 106 valence electrons. The molecule has 0 aliphatic heterocycles. The predicted molar refractivity (Wildman–Crippen MR) is 79.6 cm³/mol. The van der Waals surface area contributed by atoms with Gasteiger partial charge in [0.1, 0.15) is 18.4 Å². The molecular weight excluding hydrogens is 266 g/mol. The third-order valence-electron chi connectivity index (χ3n) is 3.59. The first-order valence-corrected chi connectivity index (χ1v) is 6.65. The van der Waals surface area contributed by atoms with E-state index in [0.717, 1.165) is 22.1 Å². The van der Waals surface area contributed by atoms with E-state index < -0.39 is 0 Å². The summed E-state index contributed by atoms with van der Waals surface area (Å²) in [5, 5.41) is 6.04. The third kappa shape index (κ3) is 2.50. The standard InChI is InChI=1S/C16H15N3O2/c1-11(16(20)19-10-17-9-18-19)12-3-4-14-8-15(21-2)6-5-13(14)7-12/h3-11H,1-2H3/t11-/m1/s1. The van der Waals surface area contributed by atoms with Gasteiger partial charge in [0.2, 0.25) is 0 Å². The highest BCUT2D eigenvalue weighted by Gasteiger charge is 2.18. The summed E-state index contributed by atoms with van der Waals surface area (Å²) >= 11 is 0. The lowest BCUT2D eigenvalue weighted by molar-refractivity contribution is 0.0868. The minimum Gasteiger partial charge on any atom is -0.497 e. The topological polar surface area (TPSA) is 57.0 Å². The highest BCUT2D eigenvalue weighted by atomic mass is 16.5. The Bertz CT molecular complexity index is 781. The number of aromatic nitrogens is 3.